The van der Waals surface area contributed by atoms with Crippen LogP contribution in [0.4, 0.5) is 0 Å². The minimum atomic E-state index is -0.658. The maximum absolute atomic E-state index is 11.6. The van der Waals surface area contributed by atoms with E-state index in [1.807, 2.05) is 18.2 Å². The van der Waals surface area contributed by atoms with Crippen molar-refractivity contribution in [1.29, 1.82) is 0 Å². The van der Waals surface area contributed by atoms with Crippen molar-refractivity contribution in [3.63, 3.8) is 0 Å². The van der Waals surface area contributed by atoms with E-state index >= 15 is 0 Å². The summed E-state index contributed by atoms with van der Waals surface area (Å²) in [5.74, 6) is 0.164. The van der Waals surface area contributed by atoms with Gasteiger partial charge in [-0.25, -0.2) is 4.98 Å². The van der Waals surface area contributed by atoms with Crippen molar-refractivity contribution in [1.82, 2.24) is 9.55 Å². The number of aliphatic carboxylic acids is 1. The lowest BCUT2D eigenvalue weighted by molar-refractivity contribution is -0.143. The predicted molar refractivity (Wildman–Crippen MR) is 80.3 cm³/mol. The number of rotatable bonds is 3. The summed E-state index contributed by atoms with van der Waals surface area (Å²) in [7, 11) is 0. The number of carboxylic acid groups (broad SMARTS) is 1. The molecule has 4 rings (SSSR count). The summed E-state index contributed by atoms with van der Waals surface area (Å²) in [6.07, 6.45) is 6.26. The molecular formula is C17H20N2O2. The van der Waals surface area contributed by atoms with Crippen molar-refractivity contribution in [2.24, 2.45) is 5.92 Å². The highest BCUT2D eigenvalue weighted by molar-refractivity contribution is 5.77. The maximum atomic E-state index is 11.6. The van der Waals surface area contributed by atoms with Gasteiger partial charge < -0.3 is 9.67 Å². The first-order valence-electron chi connectivity index (χ1n) is 7.95. The first-order valence-corrected chi connectivity index (χ1v) is 7.95. The third kappa shape index (κ3) is 2.13. The van der Waals surface area contributed by atoms with E-state index in [0.29, 0.717) is 6.04 Å². The van der Waals surface area contributed by atoms with Crippen molar-refractivity contribution in [2.45, 2.75) is 50.5 Å². The molecule has 110 valence electrons. The molecule has 2 aliphatic rings. The van der Waals surface area contributed by atoms with Crippen molar-refractivity contribution in [3.05, 3.63) is 30.1 Å². The normalized spacial score (nSPS) is 26.1. The lowest BCUT2D eigenvalue weighted by Gasteiger charge is -2.28. The van der Waals surface area contributed by atoms with Gasteiger partial charge in [-0.3, -0.25) is 4.79 Å². The van der Waals surface area contributed by atoms with Gasteiger partial charge in [0, 0.05) is 12.0 Å². The Kier molecular flexibility index (Phi) is 2.98. The van der Waals surface area contributed by atoms with E-state index in [1.54, 1.807) is 0 Å². The minimum absolute atomic E-state index is 0.0734. The Morgan fingerprint density at radius 2 is 1.90 bits per heavy atom. The zero-order valence-corrected chi connectivity index (χ0v) is 12.0. The van der Waals surface area contributed by atoms with Gasteiger partial charge in [0.25, 0.3) is 0 Å². The second-order valence-electron chi connectivity index (χ2n) is 6.40. The SMILES string of the molecule is O=C(O)C1CCCCC1c1nc2ccccc2n1C1CC1. The highest BCUT2D eigenvalue weighted by atomic mass is 16.4. The molecule has 4 heteroatoms. The summed E-state index contributed by atoms with van der Waals surface area (Å²) < 4.78 is 2.33. The Morgan fingerprint density at radius 3 is 2.67 bits per heavy atom. The molecule has 2 unspecified atom stereocenters. The van der Waals surface area contributed by atoms with E-state index in [9.17, 15) is 9.90 Å². The fraction of sp³-hybridized carbons (Fsp3) is 0.529. The average molecular weight is 284 g/mol. The minimum Gasteiger partial charge on any atom is -0.481 e. The van der Waals surface area contributed by atoms with Crippen LogP contribution in [0, 0.1) is 5.92 Å². The topological polar surface area (TPSA) is 55.1 Å². The van der Waals surface area contributed by atoms with Crippen LogP contribution < -0.4 is 0 Å². The number of imidazole rings is 1. The van der Waals surface area contributed by atoms with E-state index in [2.05, 4.69) is 10.6 Å². The molecule has 2 fully saturated rings. The third-order valence-electron chi connectivity index (χ3n) is 4.95. The van der Waals surface area contributed by atoms with Gasteiger partial charge >= 0.3 is 5.97 Å². The van der Waals surface area contributed by atoms with Gasteiger partial charge in [0.15, 0.2) is 0 Å². The maximum Gasteiger partial charge on any atom is 0.307 e. The van der Waals surface area contributed by atoms with Crippen LogP contribution in [0.25, 0.3) is 11.0 Å². The second-order valence-corrected chi connectivity index (χ2v) is 6.40. The molecule has 0 aliphatic heterocycles. The van der Waals surface area contributed by atoms with Crippen LogP contribution in [-0.4, -0.2) is 20.6 Å². The van der Waals surface area contributed by atoms with E-state index in [1.165, 1.54) is 18.4 Å². The fourth-order valence-corrected chi connectivity index (χ4v) is 3.78. The van der Waals surface area contributed by atoms with Gasteiger partial charge in [-0.2, -0.15) is 0 Å². The van der Waals surface area contributed by atoms with Gasteiger partial charge in [-0.1, -0.05) is 25.0 Å². The standard InChI is InChI=1S/C17H20N2O2/c20-17(21)13-6-2-1-5-12(13)16-18-14-7-3-4-8-15(14)19(16)11-9-10-11/h3-4,7-8,11-13H,1-2,5-6,9-10H2,(H,20,21). The summed E-state index contributed by atoms with van der Waals surface area (Å²) in [5.41, 5.74) is 2.18. The average Bonchev–Trinajstić information content (AvgIpc) is 3.27. The van der Waals surface area contributed by atoms with E-state index in [4.69, 9.17) is 4.98 Å². The van der Waals surface area contributed by atoms with Crippen molar-refractivity contribution >= 4 is 17.0 Å². The molecule has 1 aromatic carbocycles. The Hall–Kier alpha value is -1.84. The molecule has 0 radical (unpaired) electrons. The summed E-state index contributed by atoms with van der Waals surface area (Å²) >= 11 is 0. The van der Waals surface area contributed by atoms with Gasteiger partial charge in [-0.15, -0.1) is 0 Å². The van der Waals surface area contributed by atoms with Crippen LogP contribution in [0.15, 0.2) is 24.3 Å². The highest BCUT2D eigenvalue weighted by Crippen LogP contribution is 2.44. The number of hydrogen-bond donors (Lipinski definition) is 1. The molecule has 0 bridgehead atoms. The monoisotopic (exact) mass is 284 g/mol. The Labute approximate surface area is 123 Å². The van der Waals surface area contributed by atoms with Gasteiger partial charge in [0.1, 0.15) is 5.82 Å². The summed E-state index contributed by atoms with van der Waals surface area (Å²) in [5, 5.41) is 9.55. The van der Waals surface area contributed by atoms with Crippen LogP contribution in [0.3, 0.4) is 0 Å². The first kappa shape index (κ1) is 12.9. The Morgan fingerprint density at radius 1 is 1.14 bits per heavy atom. The van der Waals surface area contributed by atoms with Crippen LogP contribution >= 0.6 is 0 Å². The van der Waals surface area contributed by atoms with Crippen LogP contribution in [0.5, 0.6) is 0 Å². The van der Waals surface area contributed by atoms with E-state index < -0.39 is 5.97 Å². The smallest absolute Gasteiger partial charge is 0.307 e. The molecule has 2 aliphatic carbocycles. The lowest BCUT2D eigenvalue weighted by atomic mass is 9.78. The molecule has 0 saturated heterocycles. The number of para-hydroxylation sites is 2. The molecule has 1 heterocycles. The number of benzene rings is 1. The Balaban J connectivity index is 1.84. The van der Waals surface area contributed by atoms with Crippen LogP contribution in [0.2, 0.25) is 0 Å². The van der Waals surface area contributed by atoms with Gasteiger partial charge in [0.05, 0.1) is 17.0 Å². The summed E-state index contributed by atoms with van der Waals surface area (Å²) in [6.45, 7) is 0. The quantitative estimate of drug-likeness (QED) is 0.934. The van der Waals surface area contributed by atoms with Crippen molar-refractivity contribution in [3.8, 4) is 0 Å². The number of nitrogens with zero attached hydrogens (tertiary/aromatic N) is 2. The predicted octanol–water partition coefficient (Wildman–Crippen LogP) is 3.73. The molecule has 2 aromatic rings. The largest absolute Gasteiger partial charge is 0.481 e. The van der Waals surface area contributed by atoms with Gasteiger partial charge in [-0.05, 0) is 37.8 Å². The molecule has 21 heavy (non-hydrogen) atoms. The highest BCUT2D eigenvalue weighted by Gasteiger charge is 2.38. The molecule has 0 spiro atoms. The van der Waals surface area contributed by atoms with Crippen LogP contribution in [0.1, 0.15) is 56.3 Å². The molecule has 1 aromatic heterocycles. The van der Waals surface area contributed by atoms with Crippen LogP contribution in [-0.2, 0) is 4.79 Å². The summed E-state index contributed by atoms with van der Waals surface area (Å²) in [4.78, 5) is 16.4. The number of hydrogen-bond acceptors (Lipinski definition) is 2. The number of carbonyl (C=O) groups is 1. The molecule has 2 atom stereocenters. The second kappa shape index (κ2) is 4.86. The molecule has 4 nitrogen and oxygen atoms in total. The fourth-order valence-electron chi connectivity index (χ4n) is 3.78. The van der Waals surface area contributed by atoms with Crippen molar-refractivity contribution in [2.75, 3.05) is 0 Å². The lowest BCUT2D eigenvalue weighted by Crippen LogP contribution is -2.27. The molecule has 0 amide bonds. The number of carboxylic acids is 1. The number of aromatic nitrogens is 2. The zero-order valence-electron chi connectivity index (χ0n) is 12.0. The third-order valence-corrected chi connectivity index (χ3v) is 4.95. The van der Waals surface area contributed by atoms with Crippen molar-refractivity contribution < 1.29 is 9.90 Å². The molecular weight excluding hydrogens is 264 g/mol. The van der Waals surface area contributed by atoms with E-state index in [0.717, 1.165) is 37.0 Å². The van der Waals surface area contributed by atoms with E-state index in [-0.39, 0.29) is 11.8 Å². The van der Waals surface area contributed by atoms with Gasteiger partial charge in [0.2, 0.25) is 0 Å². The first-order chi connectivity index (χ1) is 10.3. The summed E-state index contributed by atoms with van der Waals surface area (Å²) in [6, 6.07) is 8.73. The Bertz CT molecular complexity index is 687. The molecule has 2 saturated carbocycles. The number of fused-ring (bicyclic) bond motifs is 1. The zero-order chi connectivity index (χ0) is 14.4. The molecule has 1 N–H and O–H groups in total.